The number of benzene rings is 2. The zero-order chi connectivity index (χ0) is 23.5. The van der Waals surface area contributed by atoms with Crippen molar-refractivity contribution in [2.75, 3.05) is 24.6 Å². The van der Waals surface area contributed by atoms with Crippen LogP contribution < -0.4 is 9.64 Å². The minimum atomic E-state index is 0.298. The topological polar surface area (TPSA) is 12.5 Å². The molecule has 33 heavy (non-hydrogen) atoms. The third-order valence-corrected chi connectivity index (χ3v) is 7.97. The molecule has 1 fully saturated rings. The molecule has 2 aliphatic rings. The smallest absolute Gasteiger partial charge is 0.142 e. The summed E-state index contributed by atoms with van der Waals surface area (Å²) in [6.07, 6.45) is 6.50. The molecule has 2 aromatic rings. The Labute approximate surface area is 205 Å². The number of fused-ring (bicyclic) bond motifs is 1. The van der Waals surface area contributed by atoms with Crippen molar-refractivity contribution in [2.45, 2.75) is 52.4 Å². The maximum atomic E-state index is 6.47. The van der Waals surface area contributed by atoms with Crippen LogP contribution in [-0.4, -0.2) is 19.7 Å². The van der Waals surface area contributed by atoms with Crippen LogP contribution in [0.15, 0.2) is 55.6 Å². The standard InChI is InChI=1S/C30H38ClNO/c1-6-9-24-15-26(31)11-12-27(24)25-17-32(18-28-21(5)14-22(28)8-3)29-16-23(20(4)7-2)10-13-30(29)33-19-25/h8,10-13,15-16,21-22,25,28H,3-4,6-7,9,14,17-19H2,1-2,5H3. The van der Waals surface area contributed by atoms with Crippen LogP contribution in [0.4, 0.5) is 5.69 Å². The molecule has 176 valence electrons. The van der Waals surface area contributed by atoms with E-state index in [1.807, 2.05) is 6.07 Å². The van der Waals surface area contributed by atoms with Crippen LogP contribution in [-0.2, 0) is 6.42 Å². The molecule has 4 atom stereocenters. The molecule has 4 rings (SSSR count). The second-order valence-electron chi connectivity index (χ2n) is 9.92. The van der Waals surface area contributed by atoms with Gasteiger partial charge in [0.1, 0.15) is 5.75 Å². The third-order valence-electron chi connectivity index (χ3n) is 7.74. The van der Waals surface area contributed by atoms with E-state index in [4.69, 9.17) is 16.3 Å². The molecule has 1 heterocycles. The Bertz CT molecular complexity index is 1010. The van der Waals surface area contributed by atoms with Gasteiger partial charge < -0.3 is 9.64 Å². The molecule has 1 aliphatic heterocycles. The van der Waals surface area contributed by atoms with Crippen molar-refractivity contribution in [3.63, 3.8) is 0 Å². The van der Waals surface area contributed by atoms with Gasteiger partial charge in [0.15, 0.2) is 0 Å². The van der Waals surface area contributed by atoms with Crippen molar-refractivity contribution in [2.24, 2.45) is 17.8 Å². The van der Waals surface area contributed by atoms with Gasteiger partial charge >= 0.3 is 0 Å². The first kappa shape index (κ1) is 24.0. The lowest BCUT2D eigenvalue weighted by atomic mass is 9.65. The van der Waals surface area contributed by atoms with E-state index in [-0.39, 0.29) is 0 Å². The van der Waals surface area contributed by atoms with E-state index < -0.39 is 0 Å². The van der Waals surface area contributed by atoms with E-state index in [2.05, 4.69) is 75.2 Å². The predicted octanol–water partition coefficient (Wildman–Crippen LogP) is 8.16. The van der Waals surface area contributed by atoms with Crippen LogP contribution in [0.3, 0.4) is 0 Å². The molecule has 0 saturated heterocycles. The number of hydrogen-bond acceptors (Lipinski definition) is 2. The quantitative estimate of drug-likeness (QED) is 0.366. The van der Waals surface area contributed by atoms with E-state index in [0.29, 0.717) is 24.4 Å². The second-order valence-corrected chi connectivity index (χ2v) is 10.4. The van der Waals surface area contributed by atoms with E-state index in [1.54, 1.807) is 0 Å². The molecule has 0 aromatic heterocycles. The fourth-order valence-corrected chi connectivity index (χ4v) is 5.78. The predicted molar refractivity (Wildman–Crippen MR) is 143 cm³/mol. The van der Waals surface area contributed by atoms with Crippen molar-refractivity contribution in [1.29, 1.82) is 0 Å². The van der Waals surface area contributed by atoms with Gasteiger partial charge in [-0.25, -0.2) is 0 Å². The highest BCUT2D eigenvalue weighted by atomic mass is 35.5. The van der Waals surface area contributed by atoms with Gasteiger partial charge in [-0.3, -0.25) is 0 Å². The first-order valence-electron chi connectivity index (χ1n) is 12.6. The number of rotatable bonds is 8. The molecule has 2 nitrogen and oxygen atoms in total. The highest BCUT2D eigenvalue weighted by molar-refractivity contribution is 6.30. The molecule has 1 saturated carbocycles. The summed E-state index contributed by atoms with van der Waals surface area (Å²) in [4.78, 5) is 2.58. The minimum absolute atomic E-state index is 0.298. The molecule has 0 amide bonds. The lowest BCUT2D eigenvalue weighted by Gasteiger charge is -2.45. The van der Waals surface area contributed by atoms with Gasteiger partial charge in [0.2, 0.25) is 0 Å². The summed E-state index contributed by atoms with van der Waals surface area (Å²) in [6, 6.07) is 13.0. The number of ether oxygens (including phenoxy) is 1. The molecule has 0 bridgehead atoms. The summed E-state index contributed by atoms with van der Waals surface area (Å²) < 4.78 is 6.47. The molecule has 1 aliphatic carbocycles. The minimum Gasteiger partial charge on any atom is -0.491 e. The lowest BCUT2D eigenvalue weighted by molar-refractivity contribution is 0.131. The SMILES string of the molecule is C=CC1CC(C)C1CN1CC(c2ccc(Cl)cc2CCC)COc2ccc(C(=C)CC)cc21. The summed E-state index contributed by atoms with van der Waals surface area (Å²) in [5, 5.41) is 0.816. The van der Waals surface area contributed by atoms with E-state index in [0.717, 1.165) is 49.0 Å². The van der Waals surface area contributed by atoms with Crippen molar-refractivity contribution >= 4 is 22.9 Å². The monoisotopic (exact) mass is 463 g/mol. The number of halogens is 1. The number of aryl methyl sites for hydroxylation is 1. The van der Waals surface area contributed by atoms with Gasteiger partial charge in [0, 0.05) is 24.0 Å². The molecule has 0 spiro atoms. The van der Waals surface area contributed by atoms with Crippen molar-refractivity contribution in [3.8, 4) is 5.75 Å². The number of hydrogen-bond donors (Lipinski definition) is 0. The fraction of sp³-hybridized carbons (Fsp3) is 0.467. The number of anilines is 1. The van der Waals surface area contributed by atoms with Gasteiger partial charge in [0.05, 0.1) is 12.3 Å². The summed E-state index contributed by atoms with van der Waals surface area (Å²) in [6.45, 7) is 17.8. The van der Waals surface area contributed by atoms with Crippen LogP contribution in [0, 0.1) is 17.8 Å². The van der Waals surface area contributed by atoms with Crippen LogP contribution in [0.25, 0.3) is 5.57 Å². The van der Waals surface area contributed by atoms with Crippen LogP contribution in [0.5, 0.6) is 5.75 Å². The normalized spacial score (nSPS) is 24.3. The first-order valence-corrected chi connectivity index (χ1v) is 12.9. The molecule has 2 aromatic carbocycles. The summed E-state index contributed by atoms with van der Waals surface area (Å²) >= 11 is 6.37. The van der Waals surface area contributed by atoms with Gasteiger partial charge in [-0.05, 0) is 83.5 Å². The van der Waals surface area contributed by atoms with Gasteiger partial charge in [-0.15, -0.1) is 6.58 Å². The number of allylic oxidation sites excluding steroid dienone is 2. The molecular formula is C30H38ClNO. The molecule has 0 N–H and O–H groups in total. The zero-order valence-corrected chi connectivity index (χ0v) is 21.2. The third kappa shape index (κ3) is 5.01. The largest absolute Gasteiger partial charge is 0.491 e. The number of nitrogens with zero attached hydrogens (tertiary/aromatic N) is 1. The van der Waals surface area contributed by atoms with Gasteiger partial charge in [-0.2, -0.15) is 0 Å². The Morgan fingerprint density at radius 3 is 2.73 bits per heavy atom. The Morgan fingerprint density at radius 2 is 2.03 bits per heavy atom. The molecule has 0 radical (unpaired) electrons. The zero-order valence-electron chi connectivity index (χ0n) is 20.4. The van der Waals surface area contributed by atoms with E-state index in [9.17, 15) is 0 Å². The Balaban J connectivity index is 1.71. The van der Waals surface area contributed by atoms with Gasteiger partial charge in [0.25, 0.3) is 0 Å². The van der Waals surface area contributed by atoms with Gasteiger partial charge in [-0.1, -0.05) is 63.6 Å². The fourth-order valence-electron chi connectivity index (χ4n) is 5.58. The Kier molecular flexibility index (Phi) is 7.54. The van der Waals surface area contributed by atoms with E-state index >= 15 is 0 Å². The summed E-state index contributed by atoms with van der Waals surface area (Å²) in [5.74, 6) is 3.24. The average Bonchev–Trinajstić information content (AvgIpc) is 2.99. The van der Waals surface area contributed by atoms with Crippen molar-refractivity contribution < 1.29 is 4.74 Å². The second kappa shape index (κ2) is 10.4. The summed E-state index contributed by atoms with van der Waals surface area (Å²) in [7, 11) is 0. The van der Waals surface area contributed by atoms with Crippen LogP contribution in [0.1, 0.15) is 62.6 Å². The molecule has 3 heteroatoms. The van der Waals surface area contributed by atoms with Crippen molar-refractivity contribution in [1.82, 2.24) is 0 Å². The highest BCUT2D eigenvalue weighted by Gasteiger charge is 2.38. The first-order chi connectivity index (χ1) is 15.9. The maximum Gasteiger partial charge on any atom is 0.142 e. The lowest BCUT2D eigenvalue weighted by Crippen LogP contribution is -2.44. The Hall–Kier alpha value is -2.19. The Morgan fingerprint density at radius 1 is 1.21 bits per heavy atom. The highest BCUT2D eigenvalue weighted by Crippen LogP contribution is 2.44. The maximum absolute atomic E-state index is 6.47. The molecule has 4 unspecified atom stereocenters. The molecular weight excluding hydrogens is 426 g/mol. The van der Waals surface area contributed by atoms with Crippen LogP contribution >= 0.6 is 11.6 Å². The van der Waals surface area contributed by atoms with Crippen molar-refractivity contribution in [3.05, 3.63) is 77.3 Å². The van der Waals surface area contributed by atoms with E-state index in [1.165, 1.54) is 34.4 Å². The summed E-state index contributed by atoms with van der Waals surface area (Å²) in [5.41, 5.74) is 6.31. The van der Waals surface area contributed by atoms with Crippen LogP contribution in [0.2, 0.25) is 5.02 Å². The average molecular weight is 464 g/mol.